The van der Waals surface area contributed by atoms with Crippen molar-refractivity contribution in [2.75, 3.05) is 39.5 Å². The van der Waals surface area contributed by atoms with E-state index in [0.29, 0.717) is 0 Å². The monoisotopic (exact) mass is 397 g/mol. The van der Waals surface area contributed by atoms with Crippen LogP contribution < -0.4 is 0 Å². The second-order valence-electron chi connectivity index (χ2n) is 7.53. The quantitative estimate of drug-likeness (QED) is 0.668. The van der Waals surface area contributed by atoms with E-state index in [1.54, 1.807) is 11.8 Å². The topological polar surface area (TPSA) is 26.8 Å². The first-order valence-corrected chi connectivity index (χ1v) is 11.2. The Bertz CT molecular complexity index is 742. The van der Waals surface area contributed by atoms with Crippen LogP contribution in [-0.2, 0) is 17.9 Å². The van der Waals surface area contributed by atoms with Crippen molar-refractivity contribution in [1.82, 2.24) is 14.7 Å². The molecule has 2 aromatic rings. The van der Waals surface area contributed by atoms with Crippen LogP contribution >= 0.6 is 11.8 Å². The van der Waals surface area contributed by atoms with E-state index in [1.807, 2.05) is 18.9 Å². The summed E-state index contributed by atoms with van der Waals surface area (Å²) in [4.78, 5) is 20.8. The molecule has 1 heterocycles. The number of carbonyl (C=O) groups is 1. The van der Waals surface area contributed by atoms with Gasteiger partial charge in [-0.3, -0.25) is 14.6 Å². The normalized spacial score (nSPS) is 16.4. The SMILES string of the molecule is CSc1ccc(CN(C)[C@H](C)C(=O)N2CCN(Cc3ccccc3)CC2)cc1. The zero-order chi connectivity index (χ0) is 19.9. The number of hydrogen-bond acceptors (Lipinski definition) is 4. The van der Waals surface area contributed by atoms with E-state index in [1.165, 1.54) is 16.0 Å². The molecule has 5 heteroatoms. The molecule has 1 saturated heterocycles. The van der Waals surface area contributed by atoms with Crippen LogP contribution in [0.2, 0.25) is 0 Å². The van der Waals surface area contributed by atoms with Gasteiger partial charge in [-0.1, -0.05) is 42.5 Å². The number of amides is 1. The molecule has 0 radical (unpaired) electrons. The first kappa shape index (κ1) is 20.9. The molecule has 0 unspecified atom stereocenters. The van der Waals surface area contributed by atoms with Gasteiger partial charge >= 0.3 is 0 Å². The molecule has 0 spiro atoms. The van der Waals surface area contributed by atoms with Crippen molar-refractivity contribution in [1.29, 1.82) is 0 Å². The molecule has 0 bridgehead atoms. The van der Waals surface area contributed by atoms with Gasteiger partial charge < -0.3 is 4.90 Å². The van der Waals surface area contributed by atoms with Gasteiger partial charge in [0.15, 0.2) is 0 Å². The second kappa shape index (κ2) is 10.1. The third kappa shape index (κ3) is 5.60. The molecular formula is C23H31N3OS. The summed E-state index contributed by atoms with van der Waals surface area (Å²) in [5.41, 5.74) is 2.58. The molecule has 0 saturated carbocycles. The van der Waals surface area contributed by atoms with Gasteiger partial charge in [0.25, 0.3) is 0 Å². The van der Waals surface area contributed by atoms with Crippen LogP contribution in [0.25, 0.3) is 0 Å². The Balaban J connectivity index is 1.48. The standard InChI is InChI=1S/C23H31N3OS/c1-19(24(2)17-21-9-11-22(28-3)12-10-21)23(27)26-15-13-25(14-16-26)18-20-7-5-4-6-8-20/h4-12,19H,13-18H2,1-3H3/t19-/m1/s1. The zero-order valence-corrected chi connectivity index (χ0v) is 18.0. The highest BCUT2D eigenvalue weighted by Gasteiger charge is 2.27. The minimum Gasteiger partial charge on any atom is -0.339 e. The number of rotatable bonds is 7. The van der Waals surface area contributed by atoms with E-state index >= 15 is 0 Å². The lowest BCUT2D eigenvalue weighted by molar-refractivity contribution is -0.138. The third-order valence-corrected chi connectivity index (χ3v) is 6.29. The number of benzene rings is 2. The largest absolute Gasteiger partial charge is 0.339 e. The number of piperazine rings is 1. The van der Waals surface area contributed by atoms with E-state index in [2.05, 4.69) is 70.7 Å². The Morgan fingerprint density at radius 2 is 1.64 bits per heavy atom. The maximum atomic E-state index is 13.0. The number of thioether (sulfide) groups is 1. The Kier molecular flexibility index (Phi) is 7.54. The van der Waals surface area contributed by atoms with Crippen molar-refractivity contribution < 1.29 is 4.79 Å². The van der Waals surface area contributed by atoms with Gasteiger partial charge in [0.1, 0.15) is 0 Å². The first-order chi connectivity index (χ1) is 13.6. The van der Waals surface area contributed by atoms with Gasteiger partial charge in [-0.05, 0) is 43.5 Å². The molecule has 1 fully saturated rings. The van der Waals surface area contributed by atoms with E-state index < -0.39 is 0 Å². The highest BCUT2D eigenvalue weighted by Crippen LogP contribution is 2.17. The molecule has 1 amide bonds. The highest BCUT2D eigenvalue weighted by atomic mass is 32.2. The average molecular weight is 398 g/mol. The number of likely N-dealkylation sites (N-methyl/N-ethyl adjacent to an activating group) is 1. The molecule has 28 heavy (non-hydrogen) atoms. The smallest absolute Gasteiger partial charge is 0.239 e. The second-order valence-corrected chi connectivity index (χ2v) is 8.41. The van der Waals surface area contributed by atoms with Gasteiger partial charge in [-0.25, -0.2) is 0 Å². The summed E-state index contributed by atoms with van der Waals surface area (Å²) in [6.07, 6.45) is 2.08. The summed E-state index contributed by atoms with van der Waals surface area (Å²) in [5.74, 6) is 0.239. The van der Waals surface area contributed by atoms with Crippen LogP contribution in [-0.4, -0.2) is 66.1 Å². The van der Waals surface area contributed by atoms with Crippen LogP contribution in [0, 0.1) is 0 Å². The lowest BCUT2D eigenvalue weighted by Gasteiger charge is -2.37. The minimum absolute atomic E-state index is 0.110. The Hall–Kier alpha value is -1.82. The summed E-state index contributed by atoms with van der Waals surface area (Å²) in [7, 11) is 2.04. The summed E-state index contributed by atoms with van der Waals surface area (Å²) in [5, 5.41) is 0. The average Bonchev–Trinajstić information content (AvgIpc) is 2.74. The maximum Gasteiger partial charge on any atom is 0.239 e. The van der Waals surface area contributed by atoms with Crippen molar-refractivity contribution in [2.24, 2.45) is 0 Å². The minimum atomic E-state index is -0.110. The Morgan fingerprint density at radius 1 is 1.00 bits per heavy atom. The van der Waals surface area contributed by atoms with Crippen molar-refractivity contribution in [2.45, 2.75) is 31.0 Å². The molecule has 1 aliphatic rings. The molecule has 0 aromatic heterocycles. The van der Waals surface area contributed by atoms with Crippen molar-refractivity contribution in [3.8, 4) is 0 Å². The lowest BCUT2D eigenvalue weighted by Crippen LogP contribution is -2.53. The van der Waals surface area contributed by atoms with E-state index in [4.69, 9.17) is 0 Å². The summed E-state index contributed by atoms with van der Waals surface area (Å²) >= 11 is 1.75. The molecule has 0 N–H and O–H groups in total. The Labute approximate surface area is 173 Å². The number of nitrogens with zero attached hydrogens (tertiary/aromatic N) is 3. The number of carbonyl (C=O) groups excluding carboxylic acids is 1. The fourth-order valence-electron chi connectivity index (χ4n) is 3.58. The first-order valence-electron chi connectivity index (χ1n) is 9.95. The molecule has 2 aromatic carbocycles. The molecule has 1 atom stereocenters. The van der Waals surface area contributed by atoms with Crippen LogP contribution in [0.15, 0.2) is 59.5 Å². The molecule has 3 rings (SSSR count). The maximum absolute atomic E-state index is 13.0. The van der Waals surface area contributed by atoms with Gasteiger partial charge in [0, 0.05) is 44.2 Å². The molecule has 150 valence electrons. The van der Waals surface area contributed by atoms with E-state index in [0.717, 1.165) is 39.3 Å². The number of hydrogen-bond donors (Lipinski definition) is 0. The van der Waals surface area contributed by atoms with Gasteiger partial charge in [-0.15, -0.1) is 11.8 Å². The fraction of sp³-hybridized carbons (Fsp3) is 0.435. The predicted octanol–water partition coefficient (Wildman–Crippen LogP) is 3.57. The molecule has 1 aliphatic heterocycles. The predicted molar refractivity (Wildman–Crippen MR) is 117 cm³/mol. The van der Waals surface area contributed by atoms with Gasteiger partial charge in [0.05, 0.1) is 6.04 Å². The van der Waals surface area contributed by atoms with Crippen LogP contribution in [0.3, 0.4) is 0 Å². The summed E-state index contributed by atoms with van der Waals surface area (Å²) in [6, 6.07) is 19.0. The fourth-order valence-corrected chi connectivity index (χ4v) is 3.98. The van der Waals surface area contributed by atoms with Gasteiger partial charge in [0.2, 0.25) is 5.91 Å². The molecule has 4 nitrogen and oxygen atoms in total. The summed E-state index contributed by atoms with van der Waals surface area (Å²) < 4.78 is 0. The summed E-state index contributed by atoms with van der Waals surface area (Å²) in [6.45, 7) is 7.27. The van der Waals surface area contributed by atoms with E-state index in [-0.39, 0.29) is 11.9 Å². The Morgan fingerprint density at radius 3 is 2.25 bits per heavy atom. The van der Waals surface area contributed by atoms with E-state index in [9.17, 15) is 4.79 Å². The van der Waals surface area contributed by atoms with Crippen molar-refractivity contribution >= 4 is 17.7 Å². The highest BCUT2D eigenvalue weighted by molar-refractivity contribution is 7.98. The van der Waals surface area contributed by atoms with Crippen molar-refractivity contribution in [3.05, 3.63) is 65.7 Å². The molecule has 0 aliphatic carbocycles. The lowest BCUT2D eigenvalue weighted by atomic mass is 10.1. The third-order valence-electron chi connectivity index (χ3n) is 5.54. The molecular weight excluding hydrogens is 366 g/mol. The van der Waals surface area contributed by atoms with Crippen LogP contribution in [0.4, 0.5) is 0 Å². The van der Waals surface area contributed by atoms with Crippen LogP contribution in [0.5, 0.6) is 0 Å². The van der Waals surface area contributed by atoms with Gasteiger partial charge in [-0.2, -0.15) is 0 Å². The van der Waals surface area contributed by atoms with Crippen LogP contribution in [0.1, 0.15) is 18.1 Å². The van der Waals surface area contributed by atoms with Crippen molar-refractivity contribution in [3.63, 3.8) is 0 Å². The zero-order valence-electron chi connectivity index (χ0n) is 17.2.